The van der Waals surface area contributed by atoms with Gasteiger partial charge in [0.25, 0.3) is 0 Å². The Kier molecular flexibility index (Phi) is 6.95. The molecule has 0 aromatic rings. The van der Waals surface area contributed by atoms with Crippen molar-refractivity contribution in [1.29, 1.82) is 0 Å². The molecular weight excluding hydrogens is 260 g/mol. The Balaban J connectivity index is 2.44. The van der Waals surface area contributed by atoms with Crippen LogP contribution in [0.25, 0.3) is 0 Å². The smallest absolute Gasteiger partial charge is 0.246 e. The van der Waals surface area contributed by atoms with Crippen LogP contribution in [0, 0.1) is 5.92 Å². The molecule has 1 aliphatic rings. The van der Waals surface area contributed by atoms with Gasteiger partial charge in [-0.25, -0.2) is 0 Å². The number of amides is 2. The number of hydrogen-bond donors (Lipinski definition) is 1. The van der Waals surface area contributed by atoms with Gasteiger partial charge in [-0.05, 0) is 19.3 Å². The standard InChI is InChI=1S/C14H26N2O4/c1-10(2)12-14(18)16(11(3)13(17)15-12)6-9-20-8-5-7-19-4/h10-12H,5-9H2,1-4H3,(H,15,17). The van der Waals surface area contributed by atoms with Crippen molar-refractivity contribution >= 4 is 11.8 Å². The molecule has 0 saturated carbocycles. The number of nitrogens with zero attached hydrogens (tertiary/aromatic N) is 1. The van der Waals surface area contributed by atoms with E-state index >= 15 is 0 Å². The van der Waals surface area contributed by atoms with Crippen LogP contribution in [-0.4, -0.2) is 62.3 Å². The molecule has 0 spiro atoms. The van der Waals surface area contributed by atoms with Gasteiger partial charge in [-0.15, -0.1) is 0 Å². The summed E-state index contributed by atoms with van der Waals surface area (Å²) in [4.78, 5) is 25.8. The van der Waals surface area contributed by atoms with E-state index in [0.29, 0.717) is 26.4 Å². The summed E-state index contributed by atoms with van der Waals surface area (Å²) in [7, 11) is 1.65. The van der Waals surface area contributed by atoms with Crippen molar-refractivity contribution in [1.82, 2.24) is 10.2 Å². The number of hydrogen-bond acceptors (Lipinski definition) is 4. The zero-order chi connectivity index (χ0) is 15.1. The highest BCUT2D eigenvalue weighted by molar-refractivity contribution is 5.96. The lowest BCUT2D eigenvalue weighted by Crippen LogP contribution is -2.64. The fraction of sp³-hybridized carbons (Fsp3) is 0.857. The maximum atomic E-state index is 12.3. The number of methoxy groups -OCH3 is 1. The first-order valence-corrected chi connectivity index (χ1v) is 7.16. The van der Waals surface area contributed by atoms with Crippen LogP contribution in [-0.2, 0) is 19.1 Å². The molecule has 1 rings (SSSR count). The van der Waals surface area contributed by atoms with Gasteiger partial charge in [0.15, 0.2) is 0 Å². The maximum absolute atomic E-state index is 12.3. The molecule has 0 radical (unpaired) electrons. The van der Waals surface area contributed by atoms with E-state index in [1.165, 1.54) is 0 Å². The lowest BCUT2D eigenvalue weighted by molar-refractivity contribution is -0.150. The first-order chi connectivity index (χ1) is 9.49. The van der Waals surface area contributed by atoms with Crippen LogP contribution in [0.2, 0.25) is 0 Å². The summed E-state index contributed by atoms with van der Waals surface area (Å²) in [5.74, 6) is -0.0284. The van der Waals surface area contributed by atoms with Crippen LogP contribution in [0.15, 0.2) is 0 Å². The Hall–Kier alpha value is -1.14. The van der Waals surface area contributed by atoms with Gasteiger partial charge in [-0.3, -0.25) is 9.59 Å². The van der Waals surface area contributed by atoms with Crippen LogP contribution < -0.4 is 5.32 Å². The second kappa shape index (κ2) is 8.21. The number of carbonyl (C=O) groups excluding carboxylic acids is 2. The number of piperazine rings is 1. The molecule has 1 saturated heterocycles. The van der Waals surface area contributed by atoms with E-state index in [1.54, 1.807) is 18.9 Å². The summed E-state index contributed by atoms with van der Waals surface area (Å²) in [5, 5.41) is 2.78. The molecule has 1 fully saturated rings. The van der Waals surface area contributed by atoms with Crippen molar-refractivity contribution in [3.63, 3.8) is 0 Å². The van der Waals surface area contributed by atoms with Crippen LogP contribution in [0.3, 0.4) is 0 Å². The Morgan fingerprint density at radius 1 is 1.25 bits per heavy atom. The van der Waals surface area contributed by atoms with Crippen LogP contribution in [0.1, 0.15) is 27.2 Å². The second-order valence-electron chi connectivity index (χ2n) is 5.40. The number of carbonyl (C=O) groups is 2. The topological polar surface area (TPSA) is 67.9 Å². The maximum Gasteiger partial charge on any atom is 0.246 e. The molecule has 0 aromatic carbocycles. The van der Waals surface area contributed by atoms with Gasteiger partial charge in [0.2, 0.25) is 11.8 Å². The fourth-order valence-electron chi connectivity index (χ4n) is 2.17. The van der Waals surface area contributed by atoms with E-state index in [-0.39, 0.29) is 17.7 Å². The molecular formula is C14H26N2O4. The quantitative estimate of drug-likeness (QED) is 0.656. The molecule has 6 nitrogen and oxygen atoms in total. The summed E-state index contributed by atoms with van der Waals surface area (Å²) >= 11 is 0. The molecule has 1 N–H and O–H groups in total. The van der Waals surface area contributed by atoms with E-state index in [0.717, 1.165) is 6.42 Å². The molecule has 0 aromatic heterocycles. The van der Waals surface area contributed by atoms with E-state index < -0.39 is 12.1 Å². The van der Waals surface area contributed by atoms with Gasteiger partial charge in [0, 0.05) is 26.9 Å². The average Bonchev–Trinajstić information content (AvgIpc) is 2.40. The number of nitrogens with one attached hydrogen (secondary N) is 1. The third kappa shape index (κ3) is 4.45. The summed E-state index contributed by atoms with van der Waals surface area (Å²) in [6, 6.07) is -0.854. The minimum Gasteiger partial charge on any atom is -0.385 e. The monoisotopic (exact) mass is 286 g/mol. The second-order valence-corrected chi connectivity index (χ2v) is 5.40. The Bertz CT molecular complexity index is 333. The molecule has 20 heavy (non-hydrogen) atoms. The van der Waals surface area contributed by atoms with E-state index in [2.05, 4.69) is 5.32 Å². The molecule has 1 heterocycles. The Morgan fingerprint density at radius 2 is 1.95 bits per heavy atom. The van der Waals surface area contributed by atoms with Crippen LogP contribution in [0.5, 0.6) is 0 Å². The molecule has 2 unspecified atom stereocenters. The minimum atomic E-state index is -0.430. The molecule has 2 amide bonds. The predicted octanol–water partition coefficient (Wildman–Crippen LogP) is 0.411. The van der Waals surface area contributed by atoms with Gasteiger partial charge in [-0.2, -0.15) is 0 Å². The van der Waals surface area contributed by atoms with Crippen LogP contribution in [0.4, 0.5) is 0 Å². The van der Waals surface area contributed by atoms with Crippen molar-refractivity contribution in [3.05, 3.63) is 0 Å². The van der Waals surface area contributed by atoms with E-state index in [1.807, 2.05) is 13.8 Å². The van der Waals surface area contributed by atoms with Gasteiger partial charge in [0.1, 0.15) is 12.1 Å². The molecule has 6 heteroatoms. The Morgan fingerprint density at radius 3 is 2.55 bits per heavy atom. The molecule has 2 atom stereocenters. The summed E-state index contributed by atoms with van der Waals surface area (Å²) in [6.07, 6.45) is 0.828. The molecule has 116 valence electrons. The third-order valence-electron chi connectivity index (χ3n) is 3.47. The van der Waals surface area contributed by atoms with Crippen molar-refractivity contribution in [2.75, 3.05) is 33.5 Å². The van der Waals surface area contributed by atoms with Crippen molar-refractivity contribution in [2.24, 2.45) is 5.92 Å². The van der Waals surface area contributed by atoms with Crippen LogP contribution >= 0.6 is 0 Å². The van der Waals surface area contributed by atoms with Crippen molar-refractivity contribution in [2.45, 2.75) is 39.3 Å². The minimum absolute atomic E-state index is 0.0207. The zero-order valence-electron chi connectivity index (χ0n) is 12.8. The lowest BCUT2D eigenvalue weighted by Gasteiger charge is -2.38. The number of ether oxygens (including phenoxy) is 2. The third-order valence-corrected chi connectivity index (χ3v) is 3.47. The number of rotatable bonds is 8. The first kappa shape index (κ1) is 16.9. The molecule has 1 aliphatic heterocycles. The molecule has 0 bridgehead atoms. The van der Waals surface area contributed by atoms with Crippen molar-refractivity contribution in [3.8, 4) is 0 Å². The highest BCUT2D eigenvalue weighted by Gasteiger charge is 2.38. The summed E-state index contributed by atoms with van der Waals surface area (Å²) < 4.78 is 10.4. The summed E-state index contributed by atoms with van der Waals surface area (Å²) in [6.45, 7) is 7.76. The van der Waals surface area contributed by atoms with Crippen molar-refractivity contribution < 1.29 is 19.1 Å². The van der Waals surface area contributed by atoms with E-state index in [4.69, 9.17) is 9.47 Å². The highest BCUT2D eigenvalue weighted by atomic mass is 16.5. The van der Waals surface area contributed by atoms with Gasteiger partial charge >= 0.3 is 0 Å². The van der Waals surface area contributed by atoms with Gasteiger partial charge < -0.3 is 19.7 Å². The lowest BCUT2D eigenvalue weighted by atomic mass is 9.98. The fourth-order valence-corrected chi connectivity index (χ4v) is 2.17. The Labute approximate surface area is 120 Å². The largest absolute Gasteiger partial charge is 0.385 e. The highest BCUT2D eigenvalue weighted by Crippen LogP contribution is 2.15. The van der Waals surface area contributed by atoms with Gasteiger partial charge in [-0.1, -0.05) is 13.8 Å². The van der Waals surface area contributed by atoms with E-state index in [9.17, 15) is 9.59 Å². The predicted molar refractivity (Wildman–Crippen MR) is 75.3 cm³/mol. The molecule has 0 aliphatic carbocycles. The SMILES string of the molecule is COCCCOCCN1C(=O)C(C(C)C)NC(=O)C1C. The first-order valence-electron chi connectivity index (χ1n) is 7.16. The van der Waals surface area contributed by atoms with Gasteiger partial charge in [0.05, 0.1) is 6.61 Å². The average molecular weight is 286 g/mol. The normalized spacial score (nSPS) is 23.4. The zero-order valence-corrected chi connectivity index (χ0v) is 12.8. The summed E-state index contributed by atoms with van der Waals surface area (Å²) in [5.41, 5.74) is 0.